The number of methoxy groups -OCH3 is 1. The van der Waals surface area contributed by atoms with Crippen LogP contribution in [0.15, 0.2) is 43.2 Å². The second kappa shape index (κ2) is 12.4. The molecule has 0 unspecified atom stereocenters. The largest absolute Gasteiger partial charge is 0.467 e. The molecule has 1 aliphatic rings. The van der Waals surface area contributed by atoms with Crippen LogP contribution >= 0.6 is 0 Å². The van der Waals surface area contributed by atoms with E-state index >= 15 is 0 Å². The Morgan fingerprint density at radius 1 is 1.02 bits per heavy atom. The fourth-order valence-corrected chi connectivity index (χ4v) is 4.91. The zero-order chi connectivity index (χ0) is 29.7. The van der Waals surface area contributed by atoms with Gasteiger partial charge in [-0.15, -0.1) is 0 Å². The first-order chi connectivity index (χ1) is 20.3. The minimum atomic E-state index is -4.62. The number of anilines is 2. The van der Waals surface area contributed by atoms with Crippen molar-refractivity contribution in [1.82, 2.24) is 40.1 Å². The van der Waals surface area contributed by atoms with E-state index in [0.29, 0.717) is 55.6 Å². The molecule has 0 spiro atoms. The van der Waals surface area contributed by atoms with Crippen molar-refractivity contribution in [2.75, 3.05) is 17.3 Å². The number of halogens is 3. The smallest absolute Gasteiger partial charge is 0.420 e. The molecule has 42 heavy (non-hydrogen) atoms. The lowest BCUT2D eigenvalue weighted by Crippen LogP contribution is -2.44. The Morgan fingerprint density at radius 2 is 1.79 bits per heavy atom. The number of hydrogen-bond donors (Lipinski definition) is 2. The van der Waals surface area contributed by atoms with Crippen LogP contribution in [0.5, 0.6) is 6.01 Å². The third-order valence-electron chi connectivity index (χ3n) is 6.96. The summed E-state index contributed by atoms with van der Waals surface area (Å²) in [6.45, 7) is 1.94. The highest BCUT2D eigenvalue weighted by Gasteiger charge is 2.36. The number of nitrogens with zero attached hydrogens (tertiary/aromatic N) is 8. The molecule has 2 N–H and O–H groups in total. The van der Waals surface area contributed by atoms with Gasteiger partial charge in [0.15, 0.2) is 5.82 Å². The lowest BCUT2D eigenvalue weighted by molar-refractivity contribution is -0.137. The van der Waals surface area contributed by atoms with E-state index in [4.69, 9.17) is 4.74 Å². The first-order valence-corrected chi connectivity index (χ1v) is 13.5. The first kappa shape index (κ1) is 28.8. The van der Waals surface area contributed by atoms with Gasteiger partial charge in [0, 0.05) is 48.9 Å². The molecule has 1 amide bonds. The molecule has 0 saturated heterocycles. The van der Waals surface area contributed by atoms with Gasteiger partial charge in [-0.2, -0.15) is 18.3 Å². The second-order valence-electron chi connectivity index (χ2n) is 9.79. The third-order valence-corrected chi connectivity index (χ3v) is 6.96. The van der Waals surface area contributed by atoms with Crippen LogP contribution in [0.4, 0.5) is 24.9 Å². The van der Waals surface area contributed by atoms with Crippen molar-refractivity contribution in [3.05, 3.63) is 48.8 Å². The molecule has 0 bridgehead atoms. The summed E-state index contributed by atoms with van der Waals surface area (Å²) in [5.74, 6) is 0.503. The predicted octanol–water partition coefficient (Wildman–Crippen LogP) is 4.70. The Bertz CT molecular complexity index is 1470. The molecule has 4 aromatic heterocycles. The van der Waals surface area contributed by atoms with E-state index in [1.807, 2.05) is 6.92 Å². The van der Waals surface area contributed by atoms with Gasteiger partial charge < -0.3 is 10.1 Å². The number of carbonyl (C=O) groups excluding carboxylic acids is 1. The van der Waals surface area contributed by atoms with E-state index in [1.54, 1.807) is 29.7 Å². The molecule has 1 saturated carbocycles. The molecule has 12 nitrogen and oxygen atoms in total. The standard InChI is InChI=1S/C27H29F3N10O2/c1-3-4-23(41)40(22-15-31-21(14-32-22)16-11-34-26(42-2)35-12-16)18-7-5-17(6-8-18)37-25-33-13-19(27(28,29)30)24(38-25)20-9-10-36-39-20/h9-15,17-18H,3-8H2,1-2H3,(H,36,39)(H,33,37,38). The molecule has 0 aliphatic heterocycles. The minimum Gasteiger partial charge on any atom is -0.467 e. The maximum Gasteiger partial charge on any atom is 0.420 e. The monoisotopic (exact) mass is 582 g/mol. The van der Waals surface area contributed by atoms with E-state index in [2.05, 4.69) is 45.4 Å². The van der Waals surface area contributed by atoms with E-state index in [-0.39, 0.29) is 41.3 Å². The van der Waals surface area contributed by atoms with Gasteiger partial charge in [0.25, 0.3) is 0 Å². The summed E-state index contributed by atoms with van der Waals surface area (Å²) >= 11 is 0. The Hall–Kier alpha value is -4.69. The number of nitrogens with one attached hydrogen (secondary N) is 2. The van der Waals surface area contributed by atoms with Crippen LogP contribution < -0.4 is 15.0 Å². The number of alkyl halides is 3. The van der Waals surface area contributed by atoms with Crippen molar-refractivity contribution in [2.24, 2.45) is 0 Å². The summed E-state index contributed by atoms with van der Waals surface area (Å²) in [4.78, 5) is 40.2. The maximum atomic E-state index is 13.6. The molecule has 0 atom stereocenters. The number of aromatic nitrogens is 8. The lowest BCUT2D eigenvalue weighted by Gasteiger charge is -2.36. The molecule has 4 heterocycles. The fraction of sp³-hybridized carbons (Fsp3) is 0.407. The van der Waals surface area contributed by atoms with Gasteiger partial charge >= 0.3 is 12.2 Å². The average Bonchev–Trinajstić information content (AvgIpc) is 3.54. The summed E-state index contributed by atoms with van der Waals surface area (Å²) in [7, 11) is 1.48. The normalized spacial score (nSPS) is 17.1. The molecule has 0 radical (unpaired) electrons. The number of carbonyl (C=O) groups is 1. The molecular weight excluding hydrogens is 553 g/mol. The summed E-state index contributed by atoms with van der Waals surface area (Å²) in [5, 5.41) is 9.55. The van der Waals surface area contributed by atoms with E-state index in [1.165, 1.54) is 19.4 Å². The van der Waals surface area contributed by atoms with Crippen molar-refractivity contribution < 1.29 is 22.7 Å². The molecule has 5 rings (SSSR count). The number of ether oxygens (including phenoxy) is 1. The molecule has 1 fully saturated rings. The number of rotatable bonds is 9. The van der Waals surface area contributed by atoms with Gasteiger partial charge in [0.2, 0.25) is 11.9 Å². The molecule has 220 valence electrons. The number of hydrogen-bond acceptors (Lipinski definition) is 10. The topological polar surface area (TPSA) is 148 Å². The third kappa shape index (κ3) is 6.44. The highest BCUT2D eigenvalue weighted by molar-refractivity contribution is 5.93. The van der Waals surface area contributed by atoms with Crippen LogP contribution in [0.3, 0.4) is 0 Å². The van der Waals surface area contributed by atoms with Crippen molar-refractivity contribution in [3.8, 4) is 28.7 Å². The van der Waals surface area contributed by atoms with Crippen molar-refractivity contribution in [3.63, 3.8) is 0 Å². The Morgan fingerprint density at radius 3 is 2.38 bits per heavy atom. The van der Waals surface area contributed by atoms with Gasteiger partial charge in [0.05, 0.1) is 25.2 Å². The fourth-order valence-electron chi connectivity index (χ4n) is 4.91. The average molecular weight is 583 g/mol. The highest BCUT2D eigenvalue weighted by Crippen LogP contribution is 2.36. The second-order valence-corrected chi connectivity index (χ2v) is 9.79. The summed E-state index contributed by atoms with van der Waals surface area (Å²) < 4.78 is 45.7. The van der Waals surface area contributed by atoms with Gasteiger partial charge in [-0.3, -0.25) is 19.8 Å². The van der Waals surface area contributed by atoms with Crippen LogP contribution in [-0.4, -0.2) is 65.2 Å². The van der Waals surface area contributed by atoms with Crippen LogP contribution in [0.2, 0.25) is 0 Å². The van der Waals surface area contributed by atoms with Crippen LogP contribution in [0, 0.1) is 0 Å². The molecular formula is C27H29F3N10O2. The summed E-state index contributed by atoms with van der Waals surface area (Å²) in [5.41, 5.74) is 0.0417. The van der Waals surface area contributed by atoms with E-state index in [9.17, 15) is 18.0 Å². The molecule has 15 heteroatoms. The minimum absolute atomic E-state index is 0.0431. The van der Waals surface area contributed by atoms with Crippen molar-refractivity contribution >= 4 is 17.7 Å². The first-order valence-electron chi connectivity index (χ1n) is 13.5. The van der Waals surface area contributed by atoms with E-state index in [0.717, 1.165) is 6.20 Å². The van der Waals surface area contributed by atoms with Crippen LogP contribution in [0.25, 0.3) is 22.6 Å². The zero-order valence-corrected chi connectivity index (χ0v) is 23.0. The van der Waals surface area contributed by atoms with Crippen molar-refractivity contribution in [2.45, 2.75) is 63.7 Å². The molecule has 4 aromatic rings. The van der Waals surface area contributed by atoms with Gasteiger partial charge in [-0.1, -0.05) is 6.92 Å². The number of H-pyrrole nitrogens is 1. The lowest BCUT2D eigenvalue weighted by atomic mass is 9.90. The Balaban J connectivity index is 1.28. The van der Waals surface area contributed by atoms with Crippen molar-refractivity contribution in [1.29, 1.82) is 0 Å². The molecule has 1 aliphatic carbocycles. The highest BCUT2D eigenvalue weighted by atomic mass is 19.4. The Labute approximate surface area is 239 Å². The van der Waals surface area contributed by atoms with Gasteiger partial charge in [0.1, 0.15) is 17.0 Å². The number of amides is 1. The van der Waals surface area contributed by atoms with Gasteiger partial charge in [-0.25, -0.2) is 24.9 Å². The SMILES string of the molecule is CCCC(=O)N(c1cnc(-c2cnc(OC)nc2)cn1)C1CCC(Nc2ncc(C(F)(F)F)c(-c3cc[nH]n3)n2)CC1. The number of aromatic amines is 1. The van der Waals surface area contributed by atoms with Crippen LogP contribution in [0.1, 0.15) is 51.0 Å². The summed E-state index contributed by atoms with van der Waals surface area (Å²) in [6.07, 6.45) is 7.56. The maximum absolute atomic E-state index is 13.6. The predicted molar refractivity (Wildman–Crippen MR) is 146 cm³/mol. The molecule has 0 aromatic carbocycles. The van der Waals surface area contributed by atoms with E-state index < -0.39 is 11.7 Å². The van der Waals surface area contributed by atoms with Crippen LogP contribution in [-0.2, 0) is 11.0 Å². The Kier molecular flexibility index (Phi) is 8.54. The summed E-state index contributed by atoms with van der Waals surface area (Å²) in [6, 6.07) is 1.47. The quantitative estimate of drug-likeness (QED) is 0.285. The zero-order valence-electron chi connectivity index (χ0n) is 23.0. The van der Waals surface area contributed by atoms with Gasteiger partial charge in [-0.05, 0) is 38.2 Å².